The minimum Gasteiger partial charge on any atom is -0.493 e. The lowest BCUT2D eigenvalue weighted by Crippen LogP contribution is -2.53. The number of nitrogens with zero attached hydrogens (tertiary/aromatic N) is 2. The summed E-state index contributed by atoms with van der Waals surface area (Å²) < 4.78 is 37.3. The van der Waals surface area contributed by atoms with Crippen molar-refractivity contribution in [1.82, 2.24) is 10.2 Å². The van der Waals surface area contributed by atoms with Gasteiger partial charge < -0.3 is 19.7 Å². The number of rotatable bonds is 12. The molecule has 1 aliphatic rings. The maximum absolute atomic E-state index is 13.9. The normalized spacial score (nSPS) is 14.8. The lowest BCUT2D eigenvalue weighted by atomic mass is 9.95. The van der Waals surface area contributed by atoms with Crippen LogP contribution in [0.4, 0.5) is 5.69 Å². The molecule has 0 saturated heterocycles. The van der Waals surface area contributed by atoms with Crippen LogP contribution in [0, 0.1) is 0 Å². The Balaban J connectivity index is 1.94. The first-order valence-electron chi connectivity index (χ1n) is 13.1. The number of ether oxygens (including phenoxy) is 2. The summed E-state index contributed by atoms with van der Waals surface area (Å²) >= 11 is 6.06. The van der Waals surface area contributed by atoms with Crippen LogP contribution in [0.5, 0.6) is 11.5 Å². The van der Waals surface area contributed by atoms with Crippen molar-refractivity contribution in [2.24, 2.45) is 0 Å². The van der Waals surface area contributed by atoms with Gasteiger partial charge in [0.15, 0.2) is 11.5 Å². The summed E-state index contributed by atoms with van der Waals surface area (Å²) in [6.45, 7) is 1.47. The zero-order valence-electron chi connectivity index (χ0n) is 23.0. The van der Waals surface area contributed by atoms with Crippen LogP contribution in [0.15, 0.2) is 42.5 Å². The highest BCUT2D eigenvalue weighted by Gasteiger charge is 2.33. The molecule has 2 aromatic rings. The van der Waals surface area contributed by atoms with Crippen molar-refractivity contribution in [2.75, 3.05) is 31.3 Å². The van der Waals surface area contributed by atoms with Crippen LogP contribution in [0.1, 0.15) is 51.0 Å². The summed E-state index contributed by atoms with van der Waals surface area (Å²) in [5.41, 5.74) is 1.02. The van der Waals surface area contributed by atoms with Gasteiger partial charge in [0.05, 0.1) is 26.2 Å². The van der Waals surface area contributed by atoms with Gasteiger partial charge in [-0.25, -0.2) is 8.42 Å². The number of benzene rings is 2. The minimum atomic E-state index is -3.87. The molecular formula is C28H38ClN3O6S. The number of sulfonamides is 1. The van der Waals surface area contributed by atoms with E-state index in [1.807, 2.05) is 6.92 Å². The molecule has 0 bridgehead atoms. The van der Waals surface area contributed by atoms with Gasteiger partial charge in [-0.1, -0.05) is 49.9 Å². The fourth-order valence-corrected chi connectivity index (χ4v) is 5.81. The molecule has 0 aliphatic heterocycles. The summed E-state index contributed by atoms with van der Waals surface area (Å²) in [7, 11) is -0.947. The van der Waals surface area contributed by atoms with Crippen LogP contribution in [0.3, 0.4) is 0 Å². The Morgan fingerprint density at radius 1 is 1.03 bits per heavy atom. The van der Waals surface area contributed by atoms with E-state index in [9.17, 15) is 18.0 Å². The average Bonchev–Trinajstić information content (AvgIpc) is 2.92. The van der Waals surface area contributed by atoms with Crippen LogP contribution in [-0.2, 0) is 26.2 Å². The molecule has 1 N–H and O–H groups in total. The first kappa shape index (κ1) is 30.6. The smallest absolute Gasteiger partial charge is 0.244 e. The molecular weight excluding hydrogens is 542 g/mol. The maximum Gasteiger partial charge on any atom is 0.244 e. The Labute approximate surface area is 236 Å². The molecule has 2 amide bonds. The average molecular weight is 580 g/mol. The molecule has 39 heavy (non-hydrogen) atoms. The summed E-state index contributed by atoms with van der Waals surface area (Å²) in [6, 6.07) is 10.9. The summed E-state index contributed by atoms with van der Waals surface area (Å²) in [5, 5.41) is 3.68. The molecule has 1 atom stereocenters. The van der Waals surface area contributed by atoms with Crippen LogP contribution in [0.25, 0.3) is 0 Å². The van der Waals surface area contributed by atoms with Gasteiger partial charge in [0.2, 0.25) is 21.8 Å². The second-order valence-corrected chi connectivity index (χ2v) is 12.1. The fraction of sp³-hybridized carbons (Fsp3) is 0.500. The van der Waals surface area contributed by atoms with Crippen molar-refractivity contribution in [3.63, 3.8) is 0 Å². The SMILES string of the molecule is CCC(C(=O)NC1CCCCC1)N(Cc1ccc(Cl)cc1)C(=O)CN(c1ccc(OC)c(OC)c1)S(C)(=O)=O. The molecule has 1 unspecified atom stereocenters. The molecule has 0 spiro atoms. The monoisotopic (exact) mass is 579 g/mol. The van der Waals surface area contributed by atoms with Crippen LogP contribution < -0.4 is 19.1 Å². The molecule has 11 heteroatoms. The van der Waals surface area contributed by atoms with E-state index in [-0.39, 0.29) is 24.2 Å². The number of carbonyl (C=O) groups is 2. The van der Waals surface area contributed by atoms with Crippen LogP contribution in [0.2, 0.25) is 5.02 Å². The third kappa shape index (κ3) is 8.25. The van der Waals surface area contributed by atoms with E-state index in [0.29, 0.717) is 22.9 Å². The Kier molecular flexibility index (Phi) is 10.9. The third-order valence-electron chi connectivity index (χ3n) is 6.94. The van der Waals surface area contributed by atoms with E-state index in [1.165, 1.54) is 25.2 Å². The van der Waals surface area contributed by atoms with Crippen molar-refractivity contribution >= 4 is 39.1 Å². The van der Waals surface area contributed by atoms with E-state index >= 15 is 0 Å². The first-order valence-corrected chi connectivity index (χ1v) is 15.3. The molecule has 1 aliphatic carbocycles. The molecule has 2 aromatic carbocycles. The number of nitrogens with one attached hydrogen (secondary N) is 1. The lowest BCUT2D eigenvalue weighted by molar-refractivity contribution is -0.140. The zero-order valence-corrected chi connectivity index (χ0v) is 24.6. The van der Waals surface area contributed by atoms with E-state index in [2.05, 4.69) is 5.32 Å². The topological polar surface area (TPSA) is 105 Å². The van der Waals surface area contributed by atoms with E-state index in [1.54, 1.807) is 36.4 Å². The van der Waals surface area contributed by atoms with E-state index in [0.717, 1.165) is 48.2 Å². The second kappa shape index (κ2) is 13.9. The second-order valence-electron chi connectivity index (χ2n) is 9.72. The summed E-state index contributed by atoms with van der Waals surface area (Å²) in [6.07, 6.45) is 6.50. The van der Waals surface area contributed by atoms with E-state index < -0.39 is 28.5 Å². The van der Waals surface area contributed by atoms with Crippen LogP contribution >= 0.6 is 11.6 Å². The van der Waals surface area contributed by atoms with Gasteiger partial charge in [-0.15, -0.1) is 0 Å². The Morgan fingerprint density at radius 2 is 1.67 bits per heavy atom. The lowest BCUT2D eigenvalue weighted by Gasteiger charge is -2.34. The van der Waals surface area contributed by atoms with Crippen molar-refractivity contribution in [1.29, 1.82) is 0 Å². The Bertz CT molecular complexity index is 1230. The van der Waals surface area contributed by atoms with Crippen LogP contribution in [-0.4, -0.2) is 64.2 Å². The first-order chi connectivity index (χ1) is 18.6. The maximum atomic E-state index is 13.9. The largest absolute Gasteiger partial charge is 0.493 e. The number of carbonyl (C=O) groups excluding carboxylic acids is 2. The summed E-state index contributed by atoms with van der Waals surface area (Å²) in [4.78, 5) is 28.8. The molecule has 214 valence electrons. The number of methoxy groups -OCH3 is 2. The number of hydrogen-bond acceptors (Lipinski definition) is 6. The molecule has 9 nitrogen and oxygen atoms in total. The molecule has 1 fully saturated rings. The Hall–Kier alpha value is -2.98. The third-order valence-corrected chi connectivity index (χ3v) is 8.33. The molecule has 0 radical (unpaired) electrons. The highest BCUT2D eigenvalue weighted by atomic mass is 35.5. The predicted octanol–water partition coefficient (Wildman–Crippen LogP) is 4.38. The molecule has 1 saturated carbocycles. The molecule has 3 rings (SSSR count). The van der Waals surface area contributed by atoms with Crippen molar-refractivity contribution in [3.05, 3.63) is 53.1 Å². The summed E-state index contributed by atoms with van der Waals surface area (Å²) in [5.74, 6) is 0.0165. The van der Waals surface area contributed by atoms with Gasteiger partial charge in [-0.3, -0.25) is 13.9 Å². The van der Waals surface area contributed by atoms with Gasteiger partial charge in [-0.05, 0) is 49.1 Å². The predicted molar refractivity (Wildman–Crippen MR) is 153 cm³/mol. The van der Waals surface area contributed by atoms with E-state index in [4.69, 9.17) is 21.1 Å². The minimum absolute atomic E-state index is 0.0760. The number of halogens is 1. The van der Waals surface area contributed by atoms with Gasteiger partial charge in [0, 0.05) is 23.7 Å². The highest BCUT2D eigenvalue weighted by molar-refractivity contribution is 7.92. The van der Waals surface area contributed by atoms with Gasteiger partial charge in [0.25, 0.3) is 0 Å². The number of amides is 2. The zero-order chi connectivity index (χ0) is 28.6. The van der Waals surface area contributed by atoms with Crippen molar-refractivity contribution < 1.29 is 27.5 Å². The molecule has 0 aromatic heterocycles. The van der Waals surface area contributed by atoms with Crippen molar-refractivity contribution in [2.45, 2.75) is 64.1 Å². The molecule has 0 heterocycles. The Morgan fingerprint density at radius 3 is 2.23 bits per heavy atom. The standard InChI is InChI=1S/C28H38ClN3O6S/c1-5-24(28(34)30-22-9-7-6-8-10-22)31(18-20-11-13-21(29)14-12-20)27(33)19-32(39(4,35)36)23-15-16-25(37-2)26(17-23)38-3/h11-17,22,24H,5-10,18-19H2,1-4H3,(H,30,34). The number of hydrogen-bond donors (Lipinski definition) is 1. The van der Waals surface area contributed by atoms with Gasteiger partial charge in [-0.2, -0.15) is 0 Å². The highest BCUT2D eigenvalue weighted by Crippen LogP contribution is 2.32. The fourth-order valence-electron chi connectivity index (χ4n) is 4.84. The van der Waals surface area contributed by atoms with Crippen molar-refractivity contribution in [3.8, 4) is 11.5 Å². The van der Waals surface area contributed by atoms with Gasteiger partial charge in [0.1, 0.15) is 12.6 Å². The van der Waals surface area contributed by atoms with Gasteiger partial charge >= 0.3 is 0 Å². The quantitative estimate of drug-likeness (QED) is 0.400. The number of anilines is 1.